The van der Waals surface area contributed by atoms with Gasteiger partial charge in [0.2, 0.25) is 10.0 Å². The fraction of sp³-hybridized carbons (Fsp3) is 0.462. The minimum atomic E-state index is -3.85. The average molecular weight is 334 g/mol. The molecule has 6 nitrogen and oxygen atoms in total. The van der Waals surface area contributed by atoms with Crippen molar-refractivity contribution < 1.29 is 23.1 Å². The van der Waals surface area contributed by atoms with Gasteiger partial charge in [0.05, 0.1) is 24.2 Å². The van der Waals surface area contributed by atoms with Crippen LogP contribution >= 0.6 is 11.6 Å². The van der Waals surface area contributed by atoms with Crippen LogP contribution in [-0.2, 0) is 19.6 Å². The Kier molecular flexibility index (Phi) is 4.30. The fourth-order valence-electron chi connectivity index (χ4n) is 2.21. The van der Waals surface area contributed by atoms with E-state index in [1.807, 2.05) is 0 Å². The lowest BCUT2D eigenvalue weighted by Crippen LogP contribution is -2.49. The molecule has 1 fully saturated rings. The molecular formula is C13H16ClNO5S. The van der Waals surface area contributed by atoms with Crippen LogP contribution < -0.4 is 4.72 Å². The van der Waals surface area contributed by atoms with E-state index in [0.717, 1.165) is 0 Å². The third kappa shape index (κ3) is 3.06. The fourth-order valence-corrected chi connectivity index (χ4v) is 4.00. The Balaban J connectivity index is 2.31. The van der Waals surface area contributed by atoms with Crippen molar-refractivity contribution >= 4 is 27.6 Å². The molecule has 0 amide bonds. The molecule has 1 aromatic carbocycles. The number of carbonyl (C=O) groups is 1. The predicted octanol–water partition coefficient (Wildman–Crippen LogP) is 1.42. The lowest BCUT2D eigenvalue weighted by atomic mass is 9.86. The zero-order valence-corrected chi connectivity index (χ0v) is 13.2. The van der Waals surface area contributed by atoms with Gasteiger partial charge in [-0.2, -0.15) is 0 Å². The Bertz CT molecular complexity index is 675. The number of rotatable bonds is 4. The number of ether oxygens (including phenoxy) is 1. The molecule has 0 radical (unpaired) electrons. The molecule has 1 saturated heterocycles. The number of hydrogen-bond acceptors (Lipinski definition) is 4. The summed E-state index contributed by atoms with van der Waals surface area (Å²) in [6, 6.07) is 3.59. The lowest BCUT2D eigenvalue weighted by molar-refractivity contribution is -0.148. The Morgan fingerprint density at radius 2 is 2.19 bits per heavy atom. The first-order valence-electron chi connectivity index (χ1n) is 6.26. The zero-order valence-electron chi connectivity index (χ0n) is 11.6. The predicted molar refractivity (Wildman–Crippen MR) is 76.9 cm³/mol. The number of sulfonamides is 1. The molecule has 8 heteroatoms. The number of hydrogen-bond donors (Lipinski definition) is 2. The van der Waals surface area contributed by atoms with Gasteiger partial charge in [0.1, 0.15) is 5.41 Å². The van der Waals surface area contributed by atoms with E-state index in [9.17, 15) is 18.3 Å². The third-order valence-corrected chi connectivity index (χ3v) is 5.53. The van der Waals surface area contributed by atoms with Gasteiger partial charge < -0.3 is 9.84 Å². The molecule has 0 aliphatic carbocycles. The molecule has 2 unspecified atom stereocenters. The van der Waals surface area contributed by atoms with E-state index in [1.165, 1.54) is 25.1 Å². The first-order chi connectivity index (χ1) is 9.67. The second-order valence-corrected chi connectivity index (χ2v) is 7.44. The highest BCUT2D eigenvalue weighted by molar-refractivity contribution is 7.89. The molecule has 2 N–H and O–H groups in total. The largest absolute Gasteiger partial charge is 0.481 e. The second-order valence-electron chi connectivity index (χ2n) is 5.32. The van der Waals surface area contributed by atoms with E-state index in [4.69, 9.17) is 16.3 Å². The van der Waals surface area contributed by atoms with E-state index in [-0.39, 0.29) is 18.1 Å². The molecule has 1 aliphatic rings. The molecule has 0 aromatic heterocycles. The summed E-state index contributed by atoms with van der Waals surface area (Å²) >= 11 is 5.81. The summed E-state index contributed by atoms with van der Waals surface area (Å²) in [6.45, 7) is 3.08. The van der Waals surface area contributed by atoms with E-state index in [2.05, 4.69) is 4.72 Å². The summed E-state index contributed by atoms with van der Waals surface area (Å²) in [6.07, 6.45) is 0. The van der Waals surface area contributed by atoms with E-state index >= 15 is 0 Å². The van der Waals surface area contributed by atoms with Gasteiger partial charge >= 0.3 is 5.97 Å². The van der Waals surface area contributed by atoms with Crippen molar-refractivity contribution in [1.29, 1.82) is 0 Å². The third-order valence-electron chi connectivity index (χ3n) is 3.67. The van der Waals surface area contributed by atoms with Gasteiger partial charge in [-0.15, -0.1) is 0 Å². The molecule has 0 saturated carbocycles. The molecule has 2 rings (SSSR count). The minimum Gasteiger partial charge on any atom is -0.481 e. The van der Waals surface area contributed by atoms with Crippen LogP contribution in [0.25, 0.3) is 0 Å². The first-order valence-corrected chi connectivity index (χ1v) is 8.12. The number of carboxylic acids is 1. The summed E-state index contributed by atoms with van der Waals surface area (Å²) < 4.78 is 32.4. The number of aryl methyl sites for hydroxylation is 1. The average Bonchev–Trinajstić information content (AvgIpc) is 2.71. The molecule has 1 heterocycles. The van der Waals surface area contributed by atoms with E-state index in [0.29, 0.717) is 10.6 Å². The van der Waals surface area contributed by atoms with Crippen LogP contribution in [0.2, 0.25) is 5.02 Å². The molecule has 1 aromatic rings. The highest BCUT2D eigenvalue weighted by atomic mass is 35.5. The molecule has 21 heavy (non-hydrogen) atoms. The van der Waals surface area contributed by atoms with Gasteiger partial charge in [-0.3, -0.25) is 4.79 Å². The van der Waals surface area contributed by atoms with Crippen LogP contribution in [0.1, 0.15) is 12.5 Å². The number of benzene rings is 1. The van der Waals surface area contributed by atoms with Crippen molar-refractivity contribution in [2.75, 3.05) is 13.2 Å². The van der Waals surface area contributed by atoms with Crippen LogP contribution in [0.4, 0.5) is 0 Å². The van der Waals surface area contributed by atoms with Crippen molar-refractivity contribution in [3.05, 3.63) is 28.8 Å². The summed E-state index contributed by atoms with van der Waals surface area (Å²) in [5, 5.41) is 9.71. The maximum atomic E-state index is 12.4. The maximum absolute atomic E-state index is 12.4. The van der Waals surface area contributed by atoms with Gasteiger partial charge in [0.25, 0.3) is 0 Å². The van der Waals surface area contributed by atoms with Crippen molar-refractivity contribution in [2.45, 2.75) is 24.8 Å². The SMILES string of the molecule is Cc1cc(Cl)ccc1S(=O)(=O)NC1COCC1(C)C(=O)O. The monoisotopic (exact) mass is 333 g/mol. The summed E-state index contributed by atoms with van der Waals surface area (Å²) in [4.78, 5) is 11.4. The van der Waals surface area contributed by atoms with E-state index < -0.39 is 27.4 Å². The van der Waals surface area contributed by atoms with Gasteiger partial charge in [0.15, 0.2) is 0 Å². The lowest BCUT2D eigenvalue weighted by Gasteiger charge is -2.25. The quantitative estimate of drug-likeness (QED) is 0.869. The van der Waals surface area contributed by atoms with Gasteiger partial charge in [-0.1, -0.05) is 11.6 Å². The zero-order chi connectivity index (χ0) is 15.8. The van der Waals surface area contributed by atoms with Crippen molar-refractivity contribution in [1.82, 2.24) is 4.72 Å². The Morgan fingerprint density at radius 1 is 1.52 bits per heavy atom. The van der Waals surface area contributed by atoms with Crippen LogP contribution in [0.3, 0.4) is 0 Å². The molecule has 1 aliphatic heterocycles. The second kappa shape index (κ2) is 5.57. The number of carboxylic acid groups (broad SMARTS) is 1. The maximum Gasteiger partial charge on any atom is 0.313 e. The molecular weight excluding hydrogens is 318 g/mol. The van der Waals surface area contributed by atoms with Crippen LogP contribution in [0.5, 0.6) is 0 Å². The molecule has 0 bridgehead atoms. The minimum absolute atomic E-state index is 0.0225. The molecule has 0 spiro atoms. The van der Waals surface area contributed by atoms with Crippen LogP contribution in [-0.4, -0.2) is 38.7 Å². The van der Waals surface area contributed by atoms with Gasteiger partial charge in [-0.25, -0.2) is 13.1 Å². The normalized spacial score (nSPS) is 26.0. The van der Waals surface area contributed by atoms with Gasteiger partial charge in [0, 0.05) is 5.02 Å². The Labute approximate surface area is 128 Å². The highest BCUT2D eigenvalue weighted by Gasteiger charge is 2.48. The van der Waals surface area contributed by atoms with Crippen LogP contribution in [0.15, 0.2) is 23.1 Å². The summed E-state index contributed by atoms with van der Waals surface area (Å²) in [5.74, 6) is -1.10. The number of aliphatic carboxylic acids is 1. The van der Waals surface area contributed by atoms with Crippen molar-refractivity contribution in [2.24, 2.45) is 5.41 Å². The standard InChI is InChI=1S/C13H16ClNO5S/c1-8-5-9(14)3-4-10(8)21(18,19)15-11-6-20-7-13(11,2)12(16)17/h3-5,11,15H,6-7H2,1-2H3,(H,16,17). The van der Waals surface area contributed by atoms with E-state index in [1.54, 1.807) is 6.92 Å². The summed E-state index contributed by atoms with van der Waals surface area (Å²) in [7, 11) is -3.85. The molecule has 116 valence electrons. The first kappa shape index (κ1) is 16.2. The Morgan fingerprint density at radius 3 is 2.76 bits per heavy atom. The molecule has 2 atom stereocenters. The highest BCUT2D eigenvalue weighted by Crippen LogP contribution is 2.30. The Hall–Kier alpha value is -1.15. The topological polar surface area (TPSA) is 92.7 Å². The van der Waals surface area contributed by atoms with Crippen LogP contribution in [0, 0.1) is 12.3 Å². The summed E-state index contributed by atoms with van der Waals surface area (Å²) in [5.41, 5.74) is -0.793. The smallest absolute Gasteiger partial charge is 0.313 e. The van der Waals surface area contributed by atoms with Gasteiger partial charge in [-0.05, 0) is 37.6 Å². The number of halogens is 1. The number of nitrogens with one attached hydrogen (secondary N) is 1. The van der Waals surface area contributed by atoms with Crippen molar-refractivity contribution in [3.63, 3.8) is 0 Å². The van der Waals surface area contributed by atoms with Crippen molar-refractivity contribution in [3.8, 4) is 0 Å².